The smallest absolute Gasteiger partial charge is 0.409 e. The van der Waals surface area contributed by atoms with Crippen LogP contribution in [0.25, 0.3) is 0 Å². The molecule has 1 aliphatic rings. The predicted molar refractivity (Wildman–Crippen MR) is 146 cm³/mol. The molecule has 1 atom stereocenters. The average molecular weight is 589 g/mol. The molecular weight excluding hydrogens is 560 g/mol. The molecule has 41 heavy (non-hydrogen) atoms. The number of anilines is 1. The van der Waals surface area contributed by atoms with E-state index in [-0.39, 0.29) is 40.8 Å². The summed E-state index contributed by atoms with van der Waals surface area (Å²) in [5.74, 6) is -0.0975. The van der Waals surface area contributed by atoms with E-state index in [1.54, 1.807) is 42.8 Å². The second kappa shape index (κ2) is 12.7. The normalized spacial score (nSPS) is 14.0. The highest BCUT2D eigenvalue weighted by Gasteiger charge is 2.29. The number of hydrogen-bond donors (Lipinski definition) is 1. The molecule has 3 heterocycles. The minimum absolute atomic E-state index is 0.0224. The zero-order chi connectivity index (χ0) is 29.7. The first-order valence-corrected chi connectivity index (χ1v) is 13.2. The van der Waals surface area contributed by atoms with E-state index in [0.29, 0.717) is 49.9 Å². The molecule has 3 amide bonds. The number of nitro benzene ring substituents is 1. The third-order valence-corrected chi connectivity index (χ3v) is 6.71. The highest BCUT2D eigenvalue weighted by molar-refractivity contribution is 6.32. The molecule has 14 nitrogen and oxygen atoms in total. The van der Waals surface area contributed by atoms with E-state index < -0.39 is 16.9 Å². The van der Waals surface area contributed by atoms with Crippen molar-refractivity contribution in [2.45, 2.75) is 33.4 Å². The number of carbonyl (C=O) groups is 3. The fraction of sp³-hybridized carbons (Fsp3) is 0.385. The summed E-state index contributed by atoms with van der Waals surface area (Å²) >= 11 is 6.04. The molecule has 1 fully saturated rings. The maximum atomic E-state index is 13.1. The number of carbonyl (C=O) groups excluding carboxylic acids is 3. The largest absolute Gasteiger partial charge is 0.484 e. The van der Waals surface area contributed by atoms with Crippen LogP contribution in [0.2, 0.25) is 5.02 Å². The number of halogens is 1. The van der Waals surface area contributed by atoms with E-state index in [0.717, 1.165) is 0 Å². The van der Waals surface area contributed by atoms with Gasteiger partial charge in [-0.2, -0.15) is 5.10 Å². The molecule has 2 aromatic heterocycles. The van der Waals surface area contributed by atoms with Crippen LogP contribution in [0, 0.1) is 17.0 Å². The van der Waals surface area contributed by atoms with Crippen molar-refractivity contribution in [3.8, 4) is 5.75 Å². The van der Waals surface area contributed by atoms with Crippen molar-refractivity contribution in [1.82, 2.24) is 19.6 Å². The average Bonchev–Trinajstić information content (AvgIpc) is 3.58. The lowest BCUT2D eigenvalue weighted by molar-refractivity contribution is -0.384. The van der Waals surface area contributed by atoms with Crippen LogP contribution in [0.4, 0.5) is 16.2 Å². The van der Waals surface area contributed by atoms with Crippen molar-refractivity contribution >= 4 is 40.9 Å². The molecule has 218 valence electrons. The Morgan fingerprint density at radius 1 is 1.17 bits per heavy atom. The molecule has 0 aliphatic carbocycles. The Kier molecular flexibility index (Phi) is 9.12. The number of amides is 3. The fourth-order valence-electron chi connectivity index (χ4n) is 4.13. The molecule has 1 unspecified atom stereocenters. The van der Waals surface area contributed by atoms with E-state index in [1.807, 2.05) is 0 Å². The summed E-state index contributed by atoms with van der Waals surface area (Å²) in [5.41, 5.74) is 0.757. The SMILES string of the molecule is CCOC(=O)N1CCN(C(=O)C(C)n2cc(NC(=O)c3ccc(COc4ccc([N+](=O)[O-])cc4Cl)o3)c(C)n2)CC1. The predicted octanol–water partition coefficient (Wildman–Crippen LogP) is 4.04. The lowest BCUT2D eigenvalue weighted by Crippen LogP contribution is -2.52. The van der Waals surface area contributed by atoms with Crippen molar-refractivity contribution < 1.29 is 33.2 Å². The molecule has 1 aliphatic heterocycles. The van der Waals surface area contributed by atoms with Gasteiger partial charge < -0.3 is 29.0 Å². The first kappa shape index (κ1) is 29.4. The van der Waals surface area contributed by atoms with E-state index in [4.69, 9.17) is 25.5 Å². The zero-order valence-electron chi connectivity index (χ0n) is 22.7. The van der Waals surface area contributed by atoms with Gasteiger partial charge in [0.25, 0.3) is 11.6 Å². The van der Waals surface area contributed by atoms with Gasteiger partial charge in [-0.05, 0) is 39.0 Å². The highest BCUT2D eigenvalue weighted by atomic mass is 35.5. The Balaban J connectivity index is 1.32. The number of aromatic nitrogens is 2. The van der Waals surface area contributed by atoms with Crippen LogP contribution < -0.4 is 10.1 Å². The van der Waals surface area contributed by atoms with Crippen LogP contribution in [0.15, 0.2) is 40.9 Å². The summed E-state index contributed by atoms with van der Waals surface area (Å²) < 4.78 is 17.6. The Morgan fingerprint density at radius 3 is 2.54 bits per heavy atom. The third-order valence-electron chi connectivity index (χ3n) is 6.42. The number of rotatable bonds is 9. The molecule has 0 bridgehead atoms. The molecule has 0 saturated carbocycles. The Labute approximate surface area is 239 Å². The molecule has 4 rings (SSSR count). The van der Waals surface area contributed by atoms with Gasteiger partial charge in [0.1, 0.15) is 24.2 Å². The number of aryl methyl sites for hydroxylation is 1. The van der Waals surface area contributed by atoms with Crippen LogP contribution >= 0.6 is 11.6 Å². The van der Waals surface area contributed by atoms with Gasteiger partial charge in [-0.15, -0.1) is 0 Å². The molecule has 1 N–H and O–H groups in total. The molecule has 1 aromatic carbocycles. The lowest BCUT2D eigenvalue weighted by atomic mass is 10.2. The van der Waals surface area contributed by atoms with Crippen molar-refractivity contribution in [2.75, 3.05) is 38.1 Å². The Bertz CT molecular complexity index is 1450. The number of furan rings is 1. The van der Waals surface area contributed by atoms with Crippen LogP contribution in [0.5, 0.6) is 5.75 Å². The Morgan fingerprint density at radius 2 is 1.88 bits per heavy atom. The topological polar surface area (TPSA) is 162 Å². The van der Waals surface area contributed by atoms with Crippen LogP contribution in [0.3, 0.4) is 0 Å². The van der Waals surface area contributed by atoms with E-state index in [9.17, 15) is 24.5 Å². The standard InChI is InChI=1S/C26H29ClN6O8/c1-4-39-26(36)31-11-9-30(10-12-31)25(35)17(3)32-14-21(16(2)29-32)28-24(34)23-8-6-19(41-23)15-40-22-7-5-18(33(37)38)13-20(22)27/h5-8,13-14,17H,4,9-12,15H2,1-3H3,(H,28,34). The molecule has 1 saturated heterocycles. The van der Waals surface area contributed by atoms with Crippen molar-refractivity contribution in [2.24, 2.45) is 0 Å². The summed E-state index contributed by atoms with van der Waals surface area (Å²) in [6.45, 7) is 6.93. The third kappa shape index (κ3) is 6.95. The van der Waals surface area contributed by atoms with Gasteiger partial charge in [0, 0.05) is 44.5 Å². The Hall–Kier alpha value is -4.59. The van der Waals surface area contributed by atoms with Gasteiger partial charge in [-0.1, -0.05) is 11.6 Å². The van der Waals surface area contributed by atoms with Crippen molar-refractivity contribution in [3.63, 3.8) is 0 Å². The number of ether oxygens (including phenoxy) is 2. The first-order chi connectivity index (χ1) is 19.6. The van der Waals surface area contributed by atoms with E-state index >= 15 is 0 Å². The number of nitrogens with zero attached hydrogens (tertiary/aromatic N) is 5. The second-order valence-electron chi connectivity index (χ2n) is 9.18. The number of hydrogen-bond acceptors (Lipinski definition) is 9. The summed E-state index contributed by atoms with van der Waals surface area (Å²) in [5, 5.41) is 18.1. The minimum Gasteiger partial charge on any atom is -0.484 e. The van der Waals surface area contributed by atoms with Crippen LogP contribution in [-0.2, 0) is 16.1 Å². The maximum absolute atomic E-state index is 13.1. The van der Waals surface area contributed by atoms with Gasteiger partial charge >= 0.3 is 6.09 Å². The first-order valence-electron chi connectivity index (χ1n) is 12.8. The number of piperazine rings is 1. The number of benzene rings is 1. The number of non-ortho nitro benzene ring substituents is 1. The summed E-state index contributed by atoms with van der Waals surface area (Å²) in [6, 6.07) is 6.24. The van der Waals surface area contributed by atoms with Crippen LogP contribution in [-0.4, -0.2) is 75.2 Å². The minimum atomic E-state index is -0.632. The lowest BCUT2D eigenvalue weighted by Gasteiger charge is -2.35. The monoisotopic (exact) mass is 588 g/mol. The molecular formula is C26H29ClN6O8. The van der Waals surface area contributed by atoms with Gasteiger partial charge in [-0.3, -0.25) is 24.4 Å². The fourth-order valence-corrected chi connectivity index (χ4v) is 4.36. The molecule has 0 radical (unpaired) electrons. The molecule has 15 heteroatoms. The summed E-state index contributed by atoms with van der Waals surface area (Å²) in [7, 11) is 0. The van der Waals surface area contributed by atoms with E-state index in [1.165, 1.54) is 28.9 Å². The zero-order valence-corrected chi connectivity index (χ0v) is 23.4. The van der Waals surface area contributed by atoms with Crippen molar-refractivity contribution in [1.29, 1.82) is 0 Å². The number of nitro groups is 1. The molecule has 3 aromatic rings. The second-order valence-corrected chi connectivity index (χ2v) is 9.58. The number of nitrogens with one attached hydrogen (secondary N) is 1. The van der Waals surface area contributed by atoms with Gasteiger partial charge in [0.15, 0.2) is 5.76 Å². The molecule has 0 spiro atoms. The van der Waals surface area contributed by atoms with Gasteiger partial charge in [-0.25, -0.2) is 4.79 Å². The quantitative estimate of drug-likeness (QED) is 0.287. The van der Waals surface area contributed by atoms with E-state index in [2.05, 4.69) is 10.4 Å². The summed E-state index contributed by atoms with van der Waals surface area (Å²) in [4.78, 5) is 51.3. The summed E-state index contributed by atoms with van der Waals surface area (Å²) in [6.07, 6.45) is 1.19. The van der Waals surface area contributed by atoms with Crippen LogP contribution in [0.1, 0.15) is 41.9 Å². The van der Waals surface area contributed by atoms with Crippen molar-refractivity contribution in [3.05, 3.63) is 68.9 Å². The van der Waals surface area contributed by atoms with Gasteiger partial charge in [0.05, 0.1) is 27.9 Å². The highest BCUT2D eigenvalue weighted by Crippen LogP contribution is 2.29. The maximum Gasteiger partial charge on any atom is 0.409 e. The van der Waals surface area contributed by atoms with Gasteiger partial charge in [0.2, 0.25) is 5.91 Å².